The molecule has 5 aromatic rings. The van der Waals surface area contributed by atoms with Crippen molar-refractivity contribution in [2.45, 2.75) is 32.2 Å². The molecule has 0 aliphatic rings. The lowest BCUT2D eigenvalue weighted by molar-refractivity contribution is 0.430. The van der Waals surface area contributed by atoms with E-state index in [1.54, 1.807) is 48.7 Å². The summed E-state index contributed by atoms with van der Waals surface area (Å²) in [5, 5.41) is 4.39. The second kappa shape index (κ2) is 9.09. The molecule has 1 N–H and O–H groups in total. The van der Waals surface area contributed by atoms with E-state index in [2.05, 4.69) is 14.9 Å². The summed E-state index contributed by atoms with van der Waals surface area (Å²) in [4.78, 5) is 17.7. The van der Waals surface area contributed by atoms with Gasteiger partial charge in [-0.25, -0.2) is 18.1 Å². The van der Waals surface area contributed by atoms with Crippen molar-refractivity contribution in [2.75, 3.05) is 4.72 Å². The zero-order valence-electron chi connectivity index (χ0n) is 20.0. The van der Waals surface area contributed by atoms with Crippen molar-refractivity contribution in [1.29, 1.82) is 0 Å². The molecular formula is C27H24N4O4S. The lowest BCUT2D eigenvalue weighted by Gasteiger charge is -2.13. The molecule has 5 rings (SSSR count). The zero-order valence-corrected chi connectivity index (χ0v) is 20.8. The van der Waals surface area contributed by atoms with Gasteiger partial charge in [-0.2, -0.15) is 0 Å². The maximum Gasteiger partial charge on any atom is 0.264 e. The second-order valence-corrected chi connectivity index (χ2v) is 10.2. The van der Waals surface area contributed by atoms with Crippen LogP contribution in [0.4, 0.5) is 5.88 Å². The molecule has 0 bridgehead atoms. The Balaban J connectivity index is 1.46. The van der Waals surface area contributed by atoms with Gasteiger partial charge >= 0.3 is 0 Å². The van der Waals surface area contributed by atoms with E-state index < -0.39 is 10.0 Å². The number of hydrogen-bond donors (Lipinski definition) is 1. The highest BCUT2D eigenvalue weighted by molar-refractivity contribution is 7.92. The first-order valence-corrected chi connectivity index (χ1v) is 12.8. The molecule has 0 fully saturated rings. The monoisotopic (exact) mass is 500 g/mol. The number of anilines is 1. The molecule has 8 nitrogen and oxygen atoms in total. The lowest BCUT2D eigenvalue weighted by atomic mass is 10.0. The Bertz CT molecular complexity index is 1750. The van der Waals surface area contributed by atoms with Gasteiger partial charge in [0.15, 0.2) is 0 Å². The number of nitrogens with zero attached hydrogens (tertiary/aromatic N) is 3. The van der Waals surface area contributed by atoms with E-state index in [0.29, 0.717) is 40.1 Å². The van der Waals surface area contributed by atoms with E-state index in [0.717, 1.165) is 11.1 Å². The SMILES string of the molecule is Cc1noc(NS(=O)(=O)c2ccccc2-c2ccc(Cn3c(C)nc4ccccc4c3=O)cc2)c1C. The fraction of sp³-hybridized carbons (Fsp3) is 0.148. The minimum absolute atomic E-state index is 0.0948. The van der Waals surface area contributed by atoms with E-state index in [1.165, 1.54) is 0 Å². The molecule has 0 aliphatic heterocycles. The first kappa shape index (κ1) is 23.5. The van der Waals surface area contributed by atoms with Gasteiger partial charge < -0.3 is 4.52 Å². The van der Waals surface area contributed by atoms with Gasteiger partial charge in [0, 0.05) is 11.1 Å². The number of fused-ring (bicyclic) bond motifs is 1. The maximum atomic E-state index is 13.2. The third-order valence-electron chi connectivity index (χ3n) is 6.22. The smallest absolute Gasteiger partial charge is 0.264 e. The number of hydrogen-bond acceptors (Lipinski definition) is 6. The van der Waals surface area contributed by atoms with Crippen LogP contribution in [0.5, 0.6) is 0 Å². The van der Waals surface area contributed by atoms with Crippen LogP contribution < -0.4 is 10.3 Å². The molecule has 182 valence electrons. The van der Waals surface area contributed by atoms with Crippen molar-refractivity contribution < 1.29 is 12.9 Å². The predicted octanol–water partition coefficient (Wildman–Crippen LogP) is 4.83. The van der Waals surface area contributed by atoms with Crippen molar-refractivity contribution in [1.82, 2.24) is 14.7 Å². The average Bonchev–Trinajstić information content (AvgIpc) is 3.18. The summed E-state index contributed by atoms with van der Waals surface area (Å²) in [5.74, 6) is 0.727. The van der Waals surface area contributed by atoms with Gasteiger partial charge in [0.25, 0.3) is 15.6 Å². The largest absolute Gasteiger partial charge is 0.337 e. The molecule has 0 atom stereocenters. The Morgan fingerprint density at radius 2 is 1.61 bits per heavy atom. The topological polar surface area (TPSA) is 107 Å². The number of aromatic nitrogens is 3. The van der Waals surface area contributed by atoms with Gasteiger partial charge in [-0.15, -0.1) is 0 Å². The Hall–Kier alpha value is -4.24. The third-order valence-corrected chi connectivity index (χ3v) is 7.61. The van der Waals surface area contributed by atoms with Gasteiger partial charge in [-0.05, 0) is 50.1 Å². The zero-order chi connectivity index (χ0) is 25.4. The summed E-state index contributed by atoms with van der Waals surface area (Å²) < 4.78 is 35.7. The molecule has 0 spiro atoms. The molecule has 9 heteroatoms. The molecule has 0 saturated carbocycles. The van der Waals surface area contributed by atoms with Crippen molar-refractivity contribution in [3.63, 3.8) is 0 Å². The Morgan fingerprint density at radius 3 is 2.33 bits per heavy atom. The van der Waals surface area contributed by atoms with Crippen molar-refractivity contribution in [3.8, 4) is 11.1 Å². The normalized spacial score (nSPS) is 11.6. The van der Waals surface area contributed by atoms with Crippen molar-refractivity contribution >= 4 is 26.8 Å². The van der Waals surface area contributed by atoms with Crippen molar-refractivity contribution in [3.05, 3.63) is 106 Å². The maximum absolute atomic E-state index is 13.2. The van der Waals surface area contributed by atoms with E-state index >= 15 is 0 Å². The standard InChI is InChI=1S/C27H24N4O4S/c1-17-18(2)29-35-26(17)30-36(33,34)25-11-7-5-8-22(25)21-14-12-20(13-15-21)16-31-19(3)28-24-10-6-4-9-23(24)27(31)32/h4-15,30H,16H2,1-3H3. The van der Waals surface area contributed by atoms with Crippen LogP contribution in [-0.4, -0.2) is 23.1 Å². The minimum atomic E-state index is -3.93. The first-order valence-electron chi connectivity index (χ1n) is 11.3. The molecule has 0 amide bonds. The van der Waals surface area contributed by atoms with Gasteiger partial charge in [0.05, 0.1) is 28.0 Å². The van der Waals surface area contributed by atoms with E-state index in [9.17, 15) is 13.2 Å². The van der Waals surface area contributed by atoms with Crippen LogP contribution in [0.25, 0.3) is 22.0 Å². The number of nitrogens with one attached hydrogen (secondary N) is 1. The van der Waals surface area contributed by atoms with Gasteiger partial charge in [0.2, 0.25) is 5.88 Å². The molecule has 0 radical (unpaired) electrons. The lowest BCUT2D eigenvalue weighted by Crippen LogP contribution is -2.24. The Labute approximate surface area is 208 Å². The second-order valence-electron chi connectivity index (χ2n) is 8.59. The predicted molar refractivity (Wildman–Crippen MR) is 139 cm³/mol. The fourth-order valence-electron chi connectivity index (χ4n) is 4.06. The third kappa shape index (κ3) is 4.29. The van der Waals surface area contributed by atoms with Crippen LogP contribution in [0.2, 0.25) is 0 Å². The molecule has 3 aromatic carbocycles. The highest BCUT2D eigenvalue weighted by Crippen LogP contribution is 2.30. The summed E-state index contributed by atoms with van der Waals surface area (Å²) in [5.41, 5.74) is 4.00. The van der Waals surface area contributed by atoms with Gasteiger partial charge in [0.1, 0.15) is 5.82 Å². The Kier molecular flexibility index (Phi) is 5.93. The summed E-state index contributed by atoms with van der Waals surface area (Å²) in [6, 6.07) is 21.5. The number of aryl methyl sites for hydroxylation is 2. The Morgan fingerprint density at radius 1 is 0.917 bits per heavy atom. The molecule has 0 aliphatic carbocycles. The molecule has 2 heterocycles. The van der Waals surface area contributed by atoms with E-state index in [1.807, 2.05) is 49.4 Å². The van der Waals surface area contributed by atoms with E-state index in [4.69, 9.17) is 4.52 Å². The van der Waals surface area contributed by atoms with Gasteiger partial charge in [-0.3, -0.25) is 9.36 Å². The molecule has 0 unspecified atom stereocenters. The van der Waals surface area contributed by atoms with Crippen molar-refractivity contribution in [2.24, 2.45) is 0 Å². The molecule has 36 heavy (non-hydrogen) atoms. The van der Waals surface area contributed by atoms with Crippen LogP contribution >= 0.6 is 0 Å². The first-order chi connectivity index (χ1) is 17.2. The highest BCUT2D eigenvalue weighted by Gasteiger charge is 2.22. The van der Waals surface area contributed by atoms with Gasteiger partial charge in [-0.1, -0.05) is 59.8 Å². The summed E-state index contributed by atoms with van der Waals surface area (Å²) in [7, 11) is -3.93. The average molecular weight is 501 g/mol. The van der Waals surface area contributed by atoms with Crippen LogP contribution in [0.15, 0.2) is 87.0 Å². The summed E-state index contributed by atoms with van der Waals surface area (Å²) >= 11 is 0. The number of benzene rings is 3. The van der Waals surface area contributed by atoms with Crippen LogP contribution in [0, 0.1) is 20.8 Å². The molecule has 2 aromatic heterocycles. The number of para-hydroxylation sites is 1. The highest BCUT2D eigenvalue weighted by atomic mass is 32.2. The number of sulfonamides is 1. The van der Waals surface area contributed by atoms with Crippen LogP contribution in [0.1, 0.15) is 22.6 Å². The van der Waals surface area contributed by atoms with E-state index in [-0.39, 0.29) is 16.3 Å². The quantitative estimate of drug-likeness (QED) is 0.358. The van der Waals surface area contributed by atoms with Crippen LogP contribution in [0.3, 0.4) is 0 Å². The minimum Gasteiger partial charge on any atom is -0.337 e. The summed E-state index contributed by atoms with van der Waals surface area (Å²) in [6.07, 6.45) is 0. The molecular weight excluding hydrogens is 476 g/mol. The number of rotatable bonds is 6. The fourth-order valence-corrected chi connectivity index (χ4v) is 5.34. The van der Waals surface area contributed by atoms with Crippen LogP contribution in [-0.2, 0) is 16.6 Å². The molecule has 0 saturated heterocycles. The summed E-state index contributed by atoms with van der Waals surface area (Å²) in [6.45, 7) is 5.66.